The van der Waals surface area contributed by atoms with Crippen LogP contribution in [0.4, 0.5) is 0 Å². The predicted octanol–water partition coefficient (Wildman–Crippen LogP) is 1.68. The minimum Gasteiger partial charge on any atom is -0.331 e. The summed E-state index contributed by atoms with van der Waals surface area (Å²) in [5.74, 6) is 1.04. The van der Waals surface area contributed by atoms with E-state index < -0.39 is 0 Å². The number of benzene rings is 1. The van der Waals surface area contributed by atoms with Gasteiger partial charge in [-0.25, -0.2) is 4.98 Å². The van der Waals surface area contributed by atoms with Gasteiger partial charge in [-0.15, -0.1) is 0 Å². The van der Waals surface area contributed by atoms with E-state index in [9.17, 15) is 0 Å². The van der Waals surface area contributed by atoms with E-state index in [2.05, 4.69) is 15.6 Å². The smallest absolute Gasteiger partial charge is 0.106 e. The molecule has 0 unspecified atom stereocenters. The molecule has 0 amide bonds. The van der Waals surface area contributed by atoms with E-state index in [-0.39, 0.29) is 0 Å². The van der Waals surface area contributed by atoms with Crippen LogP contribution >= 0.6 is 0 Å². The second-order valence-corrected chi connectivity index (χ2v) is 2.63. The first-order valence-corrected chi connectivity index (χ1v) is 3.58. The molecule has 0 atom stereocenters. The molecule has 2 rings (SSSR count). The van der Waals surface area contributed by atoms with Crippen LogP contribution in [0.3, 0.4) is 0 Å². The Labute approximate surface area is 65.5 Å². The summed E-state index contributed by atoms with van der Waals surface area (Å²) in [4.78, 5) is 4.36. The lowest BCUT2D eigenvalue weighted by Gasteiger charge is -1.93. The van der Waals surface area contributed by atoms with Crippen molar-refractivity contribution in [1.82, 2.24) is 9.55 Å². The lowest BCUT2D eigenvalue weighted by molar-refractivity contribution is 0.886. The van der Waals surface area contributed by atoms with Gasteiger partial charge >= 0.3 is 0 Å². The molecule has 0 fully saturated rings. The molecular formula is C9H9N2. The highest BCUT2D eigenvalue weighted by atomic mass is 15.0. The molecule has 2 heteroatoms. The molecule has 0 N–H and O–H groups in total. The second-order valence-electron chi connectivity index (χ2n) is 2.63. The molecule has 2 nitrogen and oxygen atoms in total. The van der Waals surface area contributed by atoms with Gasteiger partial charge in [0.25, 0.3) is 0 Å². The van der Waals surface area contributed by atoms with Gasteiger partial charge in [0, 0.05) is 7.05 Å². The summed E-state index contributed by atoms with van der Waals surface area (Å²) in [5, 5.41) is 0. The second kappa shape index (κ2) is 2.09. The van der Waals surface area contributed by atoms with Crippen LogP contribution in [0.1, 0.15) is 5.82 Å². The largest absolute Gasteiger partial charge is 0.331 e. The van der Waals surface area contributed by atoms with Crippen molar-refractivity contribution < 1.29 is 0 Å². The Morgan fingerprint density at radius 1 is 1.55 bits per heavy atom. The van der Waals surface area contributed by atoms with E-state index >= 15 is 0 Å². The molecule has 0 bridgehead atoms. The lowest BCUT2D eigenvalue weighted by Crippen LogP contribution is -1.89. The van der Waals surface area contributed by atoms with Crippen molar-refractivity contribution in [3.8, 4) is 0 Å². The highest BCUT2D eigenvalue weighted by molar-refractivity contribution is 5.75. The topological polar surface area (TPSA) is 17.8 Å². The van der Waals surface area contributed by atoms with Gasteiger partial charge in [0.1, 0.15) is 5.82 Å². The molecule has 1 aromatic heterocycles. The number of aryl methyl sites for hydroxylation is 2. The number of fused-ring (bicyclic) bond motifs is 1. The summed E-state index contributed by atoms with van der Waals surface area (Å²) < 4.78 is 2.06. The average molecular weight is 145 g/mol. The van der Waals surface area contributed by atoms with Crippen LogP contribution in [0.15, 0.2) is 18.2 Å². The highest BCUT2D eigenvalue weighted by Crippen LogP contribution is 2.12. The van der Waals surface area contributed by atoms with Crippen LogP contribution in [0.5, 0.6) is 0 Å². The number of imidazole rings is 1. The lowest BCUT2D eigenvalue weighted by atomic mass is 10.3. The molecule has 1 heterocycles. The Bertz CT molecular complexity index is 387. The summed E-state index contributed by atoms with van der Waals surface area (Å²) in [6.07, 6.45) is 0. The van der Waals surface area contributed by atoms with Crippen molar-refractivity contribution in [1.29, 1.82) is 0 Å². The normalized spacial score (nSPS) is 10.7. The Kier molecular flexibility index (Phi) is 1.22. The zero-order chi connectivity index (χ0) is 7.84. The van der Waals surface area contributed by atoms with Gasteiger partial charge in [-0.1, -0.05) is 6.07 Å². The summed E-state index contributed by atoms with van der Waals surface area (Å²) in [6, 6.07) is 8.84. The monoisotopic (exact) mass is 145 g/mol. The van der Waals surface area contributed by atoms with E-state index in [0.29, 0.717) is 0 Å². The maximum Gasteiger partial charge on any atom is 0.106 e. The van der Waals surface area contributed by atoms with Crippen molar-refractivity contribution in [2.75, 3.05) is 0 Å². The number of rotatable bonds is 0. The molecular weight excluding hydrogens is 136 g/mol. The summed E-state index contributed by atoms with van der Waals surface area (Å²) >= 11 is 0. The zero-order valence-electron chi connectivity index (χ0n) is 6.63. The SMILES string of the molecule is Cc1nc2cc[c]cc2n1C. The van der Waals surface area contributed by atoms with Gasteiger partial charge in [0.15, 0.2) is 0 Å². The van der Waals surface area contributed by atoms with Gasteiger partial charge in [-0.05, 0) is 25.1 Å². The number of hydrogen-bond donors (Lipinski definition) is 0. The van der Waals surface area contributed by atoms with Crippen molar-refractivity contribution in [2.24, 2.45) is 7.05 Å². The molecule has 0 spiro atoms. The molecule has 1 aromatic carbocycles. The molecule has 0 aliphatic heterocycles. The number of hydrogen-bond acceptors (Lipinski definition) is 1. The average Bonchev–Trinajstić information content (AvgIpc) is 2.30. The van der Waals surface area contributed by atoms with E-state index in [0.717, 1.165) is 16.9 Å². The molecule has 2 aromatic rings. The molecule has 0 aliphatic carbocycles. The third kappa shape index (κ3) is 0.827. The standard InChI is InChI=1S/C9H9N2/c1-7-10-8-5-3-4-6-9(8)11(7)2/h3,5-6H,1-2H3. The fourth-order valence-corrected chi connectivity index (χ4v) is 1.20. The summed E-state index contributed by atoms with van der Waals surface area (Å²) in [6.45, 7) is 2.00. The third-order valence-electron chi connectivity index (χ3n) is 1.95. The fourth-order valence-electron chi connectivity index (χ4n) is 1.20. The molecule has 0 saturated carbocycles. The quantitative estimate of drug-likeness (QED) is 0.551. The van der Waals surface area contributed by atoms with E-state index in [1.54, 1.807) is 0 Å². The maximum absolute atomic E-state index is 4.36. The Balaban J connectivity index is 2.92. The molecule has 1 radical (unpaired) electrons. The van der Waals surface area contributed by atoms with Crippen molar-refractivity contribution >= 4 is 11.0 Å². The summed E-state index contributed by atoms with van der Waals surface area (Å²) in [5.41, 5.74) is 2.19. The molecule has 55 valence electrons. The minimum atomic E-state index is 1.04. The van der Waals surface area contributed by atoms with Crippen LogP contribution in [0.25, 0.3) is 11.0 Å². The van der Waals surface area contributed by atoms with E-state index in [1.165, 1.54) is 0 Å². The van der Waals surface area contributed by atoms with E-state index in [4.69, 9.17) is 0 Å². The predicted molar refractivity (Wildman–Crippen MR) is 44.3 cm³/mol. The van der Waals surface area contributed by atoms with Gasteiger partial charge in [-0.3, -0.25) is 0 Å². The Morgan fingerprint density at radius 3 is 3.09 bits per heavy atom. The van der Waals surface area contributed by atoms with E-state index in [1.807, 2.05) is 32.2 Å². The van der Waals surface area contributed by atoms with Crippen LogP contribution < -0.4 is 0 Å². The Hall–Kier alpha value is -1.31. The van der Waals surface area contributed by atoms with Crippen LogP contribution in [0.2, 0.25) is 0 Å². The maximum atomic E-state index is 4.36. The van der Waals surface area contributed by atoms with Gasteiger partial charge < -0.3 is 4.57 Å². The molecule has 11 heavy (non-hydrogen) atoms. The Morgan fingerprint density at radius 2 is 2.36 bits per heavy atom. The highest BCUT2D eigenvalue weighted by Gasteiger charge is 2.00. The zero-order valence-corrected chi connectivity index (χ0v) is 6.63. The summed E-state index contributed by atoms with van der Waals surface area (Å²) in [7, 11) is 2.01. The van der Waals surface area contributed by atoms with Gasteiger partial charge in [-0.2, -0.15) is 0 Å². The van der Waals surface area contributed by atoms with Crippen molar-refractivity contribution in [3.05, 3.63) is 30.1 Å². The van der Waals surface area contributed by atoms with Crippen molar-refractivity contribution in [2.45, 2.75) is 6.92 Å². The van der Waals surface area contributed by atoms with Crippen LogP contribution in [-0.4, -0.2) is 9.55 Å². The van der Waals surface area contributed by atoms with Crippen molar-refractivity contribution in [3.63, 3.8) is 0 Å². The van der Waals surface area contributed by atoms with Crippen LogP contribution in [-0.2, 0) is 7.05 Å². The number of nitrogens with zero attached hydrogens (tertiary/aromatic N) is 2. The molecule has 0 aliphatic rings. The fraction of sp³-hybridized carbons (Fsp3) is 0.222. The minimum absolute atomic E-state index is 1.04. The number of aromatic nitrogens is 2. The third-order valence-corrected chi connectivity index (χ3v) is 1.95. The first kappa shape index (κ1) is 6.40. The van der Waals surface area contributed by atoms with Gasteiger partial charge in [0.05, 0.1) is 11.0 Å². The first-order valence-electron chi connectivity index (χ1n) is 3.58. The van der Waals surface area contributed by atoms with Crippen LogP contribution in [0, 0.1) is 13.0 Å². The van der Waals surface area contributed by atoms with Gasteiger partial charge in [0.2, 0.25) is 0 Å². The molecule has 0 saturated heterocycles. The first-order chi connectivity index (χ1) is 5.29.